The predicted octanol–water partition coefficient (Wildman–Crippen LogP) is 4.63. The van der Waals surface area contributed by atoms with Gasteiger partial charge in [-0.25, -0.2) is 4.98 Å². The molecule has 1 heterocycles. The Bertz CT molecular complexity index is 415. The third kappa shape index (κ3) is 7.30. The van der Waals surface area contributed by atoms with Gasteiger partial charge in [-0.2, -0.15) is 4.98 Å². The summed E-state index contributed by atoms with van der Waals surface area (Å²) in [6.45, 7) is 12.9. The number of nitrogens with one attached hydrogen (secondary N) is 2. The molecule has 1 rings (SSSR count). The maximum atomic E-state index is 4.54. The van der Waals surface area contributed by atoms with Gasteiger partial charge in [-0.3, -0.25) is 0 Å². The van der Waals surface area contributed by atoms with Gasteiger partial charge in [-0.15, -0.1) is 0 Å². The fourth-order valence-electron chi connectivity index (χ4n) is 2.25. The molecule has 0 amide bonds. The number of anilines is 2. The van der Waals surface area contributed by atoms with E-state index in [-0.39, 0.29) is 0 Å². The van der Waals surface area contributed by atoms with E-state index in [9.17, 15) is 0 Å². The Kier molecular flexibility index (Phi) is 7.48. The lowest BCUT2D eigenvalue weighted by Gasteiger charge is -2.25. The van der Waals surface area contributed by atoms with E-state index in [1.807, 2.05) is 13.0 Å². The quantitative estimate of drug-likeness (QED) is 0.618. The zero-order chi connectivity index (χ0) is 15.7. The van der Waals surface area contributed by atoms with E-state index in [0.29, 0.717) is 5.41 Å². The predicted molar refractivity (Wildman–Crippen MR) is 92.0 cm³/mol. The van der Waals surface area contributed by atoms with Crippen LogP contribution < -0.4 is 10.6 Å². The number of hydrogen-bond acceptors (Lipinski definition) is 4. The summed E-state index contributed by atoms with van der Waals surface area (Å²) >= 11 is 0. The standard InChI is InChI=1S/C17H32N4/c1-6-8-9-10-17(4,5)13-19-15-12-14(3)20-16(21-15)18-11-7-2/h12H,6-11,13H2,1-5H3,(H2,18,19,20,21). The summed E-state index contributed by atoms with van der Waals surface area (Å²) in [5.41, 5.74) is 1.29. The molecule has 0 bridgehead atoms. The molecule has 0 unspecified atom stereocenters. The molecule has 0 radical (unpaired) electrons. The highest BCUT2D eigenvalue weighted by atomic mass is 15.1. The monoisotopic (exact) mass is 292 g/mol. The first kappa shape index (κ1) is 17.7. The van der Waals surface area contributed by atoms with Crippen molar-refractivity contribution < 1.29 is 0 Å². The fourth-order valence-corrected chi connectivity index (χ4v) is 2.25. The minimum absolute atomic E-state index is 0.297. The molecule has 0 saturated carbocycles. The molecule has 0 aliphatic carbocycles. The van der Waals surface area contributed by atoms with Gasteiger partial charge in [0.2, 0.25) is 5.95 Å². The highest BCUT2D eigenvalue weighted by Gasteiger charge is 2.17. The van der Waals surface area contributed by atoms with E-state index in [1.165, 1.54) is 25.7 Å². The molecule has 0 atom stereocenters. The van der Waals surface area contributed by atoms with Gasteiger partial charge in [0, 0.05) is 24.8 Å². The topological polar surface area (TPSA) is 49.8 Å². The first-order chi connectivity index (χ1) is 9.96. The summed E-state index contributed by atoms with van der Waals surface area (Å²) in [5, 5.41) is 6.73. The second-order valence-electron chi connectivity index (χ2n) is 6.62. The van der Waals surface area contributed by atoms with Gasteiger partial charge in [0.25, 0.3) is 0 Å². The van der Waals surface area contributed by atoms with Crippen molar-refractivity contribution in [2.45, 2.75) is 66.7 Å². The summed E-state index contributed by atoms with van der Waals surface area (Å²) in [6, 6.07) is 2.01. The van der Waals surface area contributed by atoms with E-state index < -0.39 is 0 Å². The molecule has 120 valence electrons. The molecule has 2 N–H and O–H groups in total. The molecule has 21 heavy (non-hydrogen) atoms. The van der Waals surface area contributed by atoms with Crippen LogP contribution in [0.25, 0.3) is 0 Å². The number of unbranched alkanes of at least 4 members (excludes halogenated alkanes) is 2. The molecule has 0 aliphatic heterocycles. The number of nitrogens with zero attached hydrogens (tertiary/aromatic N) is 2. The van der Waals surface area contributed by atoms with Gasteiger partial charge in [-0.05, 0) is 25.2 Å². The van der Waals surface area contributed by atoms with Crippen molar-refractivity contribution in [2.24, 2.45) is 5.41 Å². The Morgan fingerprint density at radius 3 is 2.48 bits per heavy atom. The summed E-state index contributed by atoms with van der Waals surface area (Å²) in [5.74, 6) is 1.65. The van der Waals surface area contributed by atoms with Crippen LogP contribution in [0, 0.1) is 12.3 Å². The van der Waals surface area contributed by atoms with Gasteiger partial charge in [0.1, 0.15) is 5.82 Å². The van der Waals surface area contributed by atoms with Crippen molar-refractivity contribution in [2.75, 3.05) is 23.7 Å². The summed E-state index contributed by atoms with van der Waals surface area (Å²) in [4.78, 5) is 8.95. The van der Waals surface area contributed by atoms with Crippen LogP contribution in [0.1, 0.15) is 65.5 Å². The third-order valence-electron chi connectivity index (χ3n) is 3.59. The van der Waals surface area contributed by atoms with Crippen molar-refractivity contribution in [3.05, 3.63) is 11.8 Å². The Hall–Kier alpha value is -1.32. The van der Waals surface area contributed by atoms with E-state index in [2.05, 4.69) is 48.3 Å². The Labute approximate surface area is 130 Å². The smallest absolute Gasteiger partial charge is 0.224 e. The lowest BCUT2D eigenvalue weighted by molar-refractivity contribution is 0.342. The van der Waals surface area contributed by atoms with E-state index in [4.69, 9.17) is 0 Å². The SMILES string of the molecule is CCCCCC(C)(C)CNc1cc(C)nc(NCCC)n1. The van der Waals surface area contributed by atoms with Crippen LogP contribution in [0.2, 0.25) is 0 Å². The van der Waals surface area contributed by atoms with Crippen LogP contribution in [-0.2, 0) is 0 Å². The lowest BCUT2D eigenvalue weighted by atomic mass is 9.87. The summed E-state index contributed by atoms with van der Waals surface area (Å²) < 4.78 is 0. The molecule has 1 aromatic heterocycles. The maximum Gasteiger partial charge on any atom is 0.224 e. The molecule has 4 heteroatoms. The van der Waals surface area contributed by atoms with Crippen molar-refractivity contribution >= 4 is 11.8 Å². The molecule has 0 spiro atoms. The average molecular weight is 292 g/mol. The second kappa shape index (κ2) is 8.85. The van der Waals surface area contributed by atoms with Crippen molar-refractivity contribution in [3.8, 4) is 0 Å². The van der Waals surface area contributed by atoms with Crippen molar-refractivity contribution in [1.82, 2.24) is 9.97 Å². The molecule has 4 nitrogen and oxygen atoms in total. The van der Waals surface area contributed by atoms with Crippen LogP contribution in [0.15, 0.2) is 6.07 Å². The highest BCUT2D eigenvalue weighted by molar-refractivity contribution is 5.42. The highest BCUT2D eigenvalue weighted by Crippen LogP contribution is 2.24. The van der Waals surface area contributed by atoms with Crippen LogP contribution in [-0.4, -0.2) is 23.1 Å². The minimum Gasteiger partial charge on any atom is -0.369 e. The molecule has 0 aliphatic rings. The minimum atomic E-state index is 0.297. The van der Waals surface area contributed by atoms with E-state index >= 15 is 0 Å². The van der Waals surface area contributed by atoms with Gasteiger partial charge in [-0.1, -0.05) is 47.0 Å². The molecular formula is C17H32N4. The van der Waals surface area contributed by atoms with Gasteiger partial charge >= 0.3 is 0 Å². The first-order valence-electron chi connectivity index (χ1n) is 8.30. The molecule has 1 aromatic rings. The van der Waals surface area contributed by atoms with Gasteiger partial charge in [0.05, 0.1) is 0 Å². The second-order valence-corrected chi connectivity index (χ2v) is 6.62. The molecule has 0 saturated heterocycles. The maximum absolute atomic E-state index is 4.54. The zero-order valence-corrected chi connectivity index (χ0v) is 14.4. The van der Waals surface area contributed by atoms with Crippen LogP contribution in [0.5, 0.6) is 0 Å². The molecule has 0 aromatic carbocycles. The number of hydrogen-bond donors (Lipinski definition) is 2. The summed E-state index contributed by atoms with van der Waals surface area (Å²) in [7, 11) is 0. The van der Waals surface area contributed by atoms with Crippen LogP contribution >= 0.6 is 0 Å². The molecule has 0 fully saturated rings. The first-order valence-corrected chi connectivity index (χ1v) is 8.30. The Morgan fingerprint density at radius 1 is 1.05 bits per heavy atom. The van der Waals surface area contributed by atoms with Gasteiger partial charge < -0.3 is 10.6 Å². The number of rotatable bonds is 10. The number of aryl methyl sites for hydroxylation is 1. The third-order valence-corrected chi connectivity index (χ3v) is 3.59. The van der Waals surface area contributed by atoms with E-state index in [1.54, 1.807) is 0 Å². The van der Waals surface area contributed by atoms with Crippen molar-refractivity contribution in [3.63, 3.8) is 0 Å². The Morgan fingerprint density at radius 2 is 1.81 bits per heavy atom. The normalized spacial score (nSPS) is 11.5. The zero-order valence-electron chi connectivity index (χ0n) is 14.4. The lowest BCUT2D eigenvalue weighted by Crippen LogP contribution is -2.23. The largest absolute Gasteiger partial charge is 0.369 e. The van der Waals surface area contributed by atoms with Gasteiger partial charge in [0.15, 0.2) is 0 Å². The van der Waals surface area contributed by atoms with E-state index in [0.717, 1.165) is 37.0 Å². The number of aromatic nitrogens is 2. The molecular weight excluding hydrogens is 260 g/mol. The van der Waals surface area contributed by atoms with Crippen LogP contribution in [0.4, 0.5) is 11.8 Å². The summed E-state index contributed by atoms with van der Waals surface area (Å²) in [6.07, 6.45) is 6.23. The average Bonchev–Trinajstić information content (AvgIpc) is 2.43. The van der Waals surface area contributed by atoms with Crippen molar-refractivity contribution in [1.29, 1.82) is 0 Å². The fraction of sp³-hybridized carbons (Fsp3) is 0.765. The van der Waals surface area contributed by atoms with Crippen LogP contribution in [0.3, 0.4) is 0 Å². The Balaban J connectivity index is 2.55.